The Hall–Kier alpha value is -2.75. The first kappa shape index (κ1) is 17.6. The highest BCUT2D eigenvalue weighted by Crippen LogP contribution is 2.35. The van der Waals surface area contributed by atoms with Crippen molar-refractivity contribution >= 4 is 11.9 Å². The van der Waals surface area contributed by atoms with Crippen molar-refractivity contribution in [1.29, 1.82) is 0 Å². The second-order valence-corrected chi connectivity index (χ2v) is 5.47. The number of allylic oxidation sites excluding steroid dienone is 1. The Kier molecular flexibility index (Phi) is 5.64. The van der Waals surface area contributed by atoms with Gasteiger partial charge in [-0.15, -0.1) is 0 Å². The van der Waals surface area contributed by atoms with Crippen LogP contribution in [0.5, 0.6) is 17.2 Å². The van der Waals surface area contributed by atoms with Crippen LogP contribution in [-0.2, 0) is 0 Å². The Morgan fingerprint density at radius 3 is 2.12 bits per heavy atom. The predicted molar refractivity (Wildman–Crippen MR) is 95.4 cm³/mol. The number of ketones is 1. The molecule has 2 aromatic carbocycles. The van der Waals surface area contributed by atoms with Crippen LogP contribution in [0.3, 0.4) is 0 Å². The van der Waals surface area contributed by atoms with Crippen molar-refractivity contribution in [3.05, 3.63) is 58.7 Å². The molecule has 0 heterocycles. The Morgan fingerprint density at radius 2 is 1.50 bits per heavy atom. The van der Waals surface area contributed by atoms with Crippen molar-refractivity contribution in [2.75, 3.05) is 21.3 Å². The van der Waals surface area contributed by atoms with Gasteiger partial charge in [-0.1, -0.05) is 17.7 Å². The lowest BCUT2D eigenvalue weighted by atomic mass is 10.0. The van der Waals surface area contributed by atoms with Gasteiger partial charge in [0.05, 0.1) is 21.3 Å². The summed E-state index contributed by atoms with van der Waals surface area (Å²) in [5.41, 5.74) is 3.45. The monoisotopic (exact) mass is 326 g/mol. The fraction of sp³-hybridized carbons (Fsp3) is 0.250. The van der Waals surface area contributed by atoms with E-state index in [9.17, 15) is 4.79 Å². The molecule has 0 N–H and O–H groups in total. The van der Waals surface area contributed by atoms with Crippen LogP contribution in [0.1, 0.15) is 27.0 Å². The van der Waals surface area contributed by atoms with Gasteiger partial charge >= 0.3 is 0 Å². The molecular weight excluding hydrogens is 304 g/mol. The molecule has 4 nitrogen and oxygen atoms in total. The fourth-order valence-electron chi connectivity index (χ4n) is 2.44. The van der Waals surface area contributed by atoms with Crippen molar-refractivity contribution in [3.63, 3.8) is 0 Å². The third-order valence-electron chi connectivity index (χ3n) is 3.81. The van der Waals surface area contributed by atoms with E-state index in [1.54, 1.807) is 45.6 Å². The second kappa shape index (κ2) is 7.68. The highest BCUT2D eigenvalue weighted by Gasteiger charge is 2.11. The van der Waals surface area contributed by atoms with Crippen LogP contribution in [0.4, 0.5) is 0 Å². The van der Waals surface area contributed by atoms with Crippen molar-refractivity contribution in [1.82, 2.24) is 0 Å². The summed E-state index contributed by atoms with van der Waals surface area (Å²) in [7, 11) is 4.71. The first-order chi connectivity index (χ1) is 11.5. The van der Waals surface area contributed by atoms with E-state index in [0.717, 1.165) is 16.7 Å². The average Bonchev–Trinajstić information content (AvgIpc) is 2.60. The maximum atomic E-state index is 12.5. The molecule has 0 saturated heterocycles. The van der Waals surface area contributed by atoms with Crippen LogP contribution in [0, 0.1) is 13.8 Å². The summed E-state index contributed by atoms with van der Waals surface area (Å²) in [4.78, 5) is 12.5. The Balaban J connectivity index is 2.37. The minimum atomic E-state index is -0.0481. The highest BCUT2D eigenvalue weighted by molar-refractivity contribution is 6.08. The lowest BCUT2D eigenvalue weighted by Gasteiger charge is -2.12. The van der Waals surface area contributed by atoms with Crippen molar-refractivity contribution in [3.8, 4) is 17.2 Å². The van der Waals surface area contributed by atoms with Crippen LogP contribution >= 0.6 is 0 Å². The van der Waals surface area contributed by atoms with Crippen molar-refractivity contribution < 1.29 is 19.0 Å². The number of hydrogen-bond acceptors (Lipinski definition) is 4. The summed E-state index contributed by atoms with van der Waals surface area (Å²) in [5, 5.41) is 0. The van der Waals surface area contributed by atoms with E-state index in [1.807, 2.05) is 32.0 Å². The number of hydrogen-bond donors (Lipinski definition) is 0. The molecule has 0 aliphatic rings. The largest absolute Gasteiger partial charge is 0.496 e. The van der Waals surface area contributed by atoms with Gasteiger partial charge < -0.3 is 14.2 Å². The van der Waals surface area contributed by atoms with Gasteiger partial charge in [-0.3, -0.25) is 4.79 Å². The minimum absolute atomic E-state index is 0.0481. The van der Waals surface area contributed by atoms with Gasteiger partial charge in [-0.2, -0.15) is 0 Å². The van der Waals surface area contributed by atoms with E-state index < -0.39 is 0 Å². The molecular formula is C20H22O4. The van der Waals surface area contributed by atoms with E-state index in [2.05, 4.69) is 0 Å². The molecule has 0 spiro atoms. The van der Waals surface area contributed by atoms with Gasteiger partial charge in [-0.25, -0.2) is 0 Å². The lowest BCUT2D eigenvalue weighted by Crippen LogP contribution is -1.99. The van der Waals surface area contributed by atoms with Crippen LogP contribution in [0.15, 0.2) is 36.4 Å². The van der Waals surface area contributed by atoms with E-state index in [4.69, 9.17) is 14.2 Å². The minimum Gasteiger partial charge on any atom is -0.496 e. The molecule has 0 aliphatic carbocycles. The predicted octanol–water partition coefficient (Wildman–Crippen LogP) is 4.23. The number of carbonyl (C=O) groups is 1. The van der Waals surface area contributed by atoms with Gasteiger partial charge in [0, 0.05) is 17.2 Å². The molecule has 2 rings (SSSR count). The Bertz CT molecular complexity index is 775. The van der Waals surface area contributed by atoms with Gasteiger partial charge in [0.25, 0.3) is 0 Å². The Labute approximate surface area is 142 Å². The van der Waals surface area contributed by atoms with Gasteiger partial charge in [0.15, 0.2) is 17.3 Å². The van der Waals surface area contributed by atoms with Crippen molar-refractivity contribution in [2.24, 2.45) is 0 Å². The molecule has 0 bridgehead atoms. The van der Waals surface area contributed by atoms with Crippen LogP contribution in [0.25, 0.3) is 6.08 Å². The molecule has 0 aromatic heterocycles. The van der Waals surface area contributed by atoms with E-state index >= 15 is 0 Å². The zero-order chi connectivity index (χ0) is 17.7. The molecule has 0 aliphatic heterocycles. The number of methoxy groups -OCH3 is 3. The Morgan fingerprint density at radius 1 is 0.875 bits per heavy atom. The number of aryl methyl sites for hydroxylation is 2. The summed E-state index contributed by atoms with van der Waals surface area (Å²) >= 11 is 0. The van der Waals surface area contributed by atoms with E-state index in [1.165, 1.54) is 0 Å². The summed E-state index contributed by atoms with van der Waals surface area (Å²) in [6.45, 7) is 3.90. The summed E-state index contributed by atoms with van der Waals surface area (Å²) < 4.78 is 15.9. The molecule has 0 atom stereocenters. The first-order valence-electron chi connectivity index (χ1n) is 7.59. The smallest absolute Gasteiger partial charge is 0.186 e. The second-order valence-electron chi connectivity index (χ2n) is 5.47. The third kappa shape index (κ3) is 3.77. The first-order valence-corrected chi connectivity index (χ1v) is 7.59. The molecule has 0 saturated carbocycles. The molecule has 2 aromatic rings. The van der Waals surface area contributed by atoms with Gasteiger partial charge in [0.2, 0.25) is 0 Å². The standard InChI is InChI=1S/C20H22O4/c1-13-6-7-14(2)16(10-13)17(21)9-8-15-11-19(23-4)20(24-5)12-18(15)22-3/h6-12H,1-5H3/b9-8+. The van der Waals surface area contributed by atoms with E-state index in [-0.39, 0.29) is 5.78 Å². The van der Waals surface area contributed by atoms with Crippen molar-refractivity contribution in [2.45, 2.75) is 13.8 Å². The lowest BCUT2D eigenvalue weighted by molar-refractivity contribution is 0.104. The molecule has 24 heavy (non-hydrogen) atoms. The van der Waals surface area contributed by atoms with E-state index in [0.29, 0.717) is 22.8 Å². The van der Waals surface area contributed by atoms with Crippen LogP contribution in [0.2, 0.25) is 0 Å². The summed E-state index contributed by atoms with van der Waals surface area (Å²) in [6, 6.07) is 9.36. The molecule has 0 amide bonds. The molecule has 0 unspecified atom stereocenters. The quantitative estimate of drug-likeness (QED) is 0.589. The molecule has 0 fully saturated rings. The van der Waals surface area contributed by atoms with Gasteiger partial charge in [0.1, 0.15) is 5.75 Å². The summed E-state index contributed by atoms with van der Waals surface area (Å²) in [6.07, 6.45) is 3.27. The molecule has 0 radical (unpaired) electrons. The normalized spacial score (nSPS) is 10.7. The number of carbonyl (C=O) groups excluding carboxylic acids is 1. The zero-order valence-corrected chi connectivity index (χ0v) is 14.7. The molecule has 126 valence electrons. The van der Waals surface area contributed by atoms with Gasteiger partial charge in [-0.05, 0) is 43.7 Å². The molecule has 4 heteroatoms. The third-order valence-corrected chi connectivity index (χ3v) is 3.81. The number of ether oxygens (including phenoxy) is 3. The summed E-state index contributed by atoms with van der Waals surface area (Å²) in [5.74, 6) is 1.72. The number of benzene rings is 2. The zero-order valence-electron chi connectivity index (χ0n) is 14.7. The topological polar surface area (TPSA) is 44.8 Å². The van der Waals surface area contributed by atoms with Crippen LogP contribution in [-0.4, -0.2) is 27.1 Å². The maximum Gasteiger partial charge on any atom is 0.186 e. The highest BCUT2D eigenvalue weighted by atomic mass is 16.5. The SMILES string of the molecule is COc1cc(OC)c(OC)cc1/C=C/C(=O)c1cc(C)ccc1C. The fourth-order valence-corrected chi connectivity index (χ4v) is 2.44. The number of rotatable bonds is 6. The average molecular weight is 326 g/mol. The van der Waals surface area contributed by atoms with Crippen LogP contribution < -0.4 is 14.2 Å². The maximum absolute atomic E-state index is 12.5.